The Morgan fingerprint density at radius 2 is 2.10 bits per heavy atom. The summed E-state index contributed by atoms with van der Waals surface area (Å²) in [5.74, 6) is -1.30. The van der Waals surface area contributed by atoms with E-state index in [0.717, 1.165) is 10.3 Å². The van der Waals surface area contributed by atoms with E-state index in [9.17, 15) is 18.0 Å². The average molecular weight is 321 g/mol. The molecular formula is C13H12ClF3N2O2. The van der Waals surface area contributed by atoms with Gasteiger partial charge in [0.05, 0.1) is 13.1 Å². The van der Waals surface area contributed by atoms with Crippen LogP contribution in [0.4, 0.5) is 13.2 Å². The van der Waals surface area contributed by atoms with E-state index in [1.54, 1.807) is 24.4 Å². The van der Waals surface area contributed by atoms with E-state index >= 15 is 0 Å². The first kappa shape index (κ1) is 15.7. The molecule has 1 heterocycles. The summed E-state index contributed by atoms with van der Waals surface area (Å²) in [6, 6.07) is 4.98. The average Bonchev–Trinajstić information content (AvgIpc) is 2.68. The Labute approximate surface area is 123 Å². The Kier molecular flexibility index (Phi) is 4.43. The highest BCUT2D eigenvalue weighted by Gasteiger charge is 2.31. The summed E-state index contributed by atoms with van der Waals surface area (Å²) in [7, 11) is 0. The molecule has 21 heavy (non-hydrogen) atoms. The highest BCUT2D eigenvalue weighted by molar-refractivity contribution is 6.31. The fraction of sp³-hybridized carbons (Fsp3) is 0.308. The normalized spacial score (nSPS) is 12.2. The third-order valence-corrected chi connectivity index (χ3v) is 3.12. The molecule has 1 aromatic carbocycles. The van der Waals surface area contributed by atoms with Gasteiger partial charge < -0.3 is 10.1 Å². The van der Waals surface area contributed by atoms with Crippen LogP contribution in [-0.2, 0) is 11.3 Å². The van der Waals surface area contributed by atoms with Crippen LogP contribution in [0, 0.1) is 0 Å². The third kappa shape index (κ3) is 4.37. The van der Waals surface area contributed by atoms with Crippen LogP contribution in [0.2, 0.25) is 5.02 Å². The standard InChI is InChI=1S/C13H12ClF3N2O2/c14-9-1-2-10-8(4-18-11(10)3-9)5-19(6-12(20)21)7-13(15,16)17/h1-4,18H,5-7H2,(H,20,21). The van der Waals surface area contributed by atoms with E-state index in [1.807, 2.05) is 0 Å². The van der Waals surface area contributed by atoms with Crippen LogP contribution >= 0.6 is 11.6 Å². The smallest absolute Gasteiger partial charge is 0.401 e. The minimum atomic E-state index is -4.45. The molecule has 2 rings (SSSR count). The van der Waals surface area contributed by atoms with Gasteiger partial charge in [0.15, 0.2) is 0 Å². The van der Waals surface area contributed by atoms with Gasteiger partial charge in [-0.1, -0.05) is 17.7 Å². The largest absolute Gasteiger partial charge is 0.480 e. The monoisotopic (exact) mass is 320 g/mol. The second-order valence-corrected chi connectivity index (χ2v) is 5.09. The lowest BCUT2D eigenvalue weighted by Crippen LogP contribution is -2.37. The van der Waals surface area contributed by atoms with E-state index in [1.165, 1.54) is 0 Å². The number of benzene rings is 1. The van der Waals surface area contributed by atoms with Gasteiger partial charge >= 0.3 is 12.1 Å². The molecule has 0 amide bonds. The predicted molar refractivity (Wildman–Crippen MR) is 72.3 cm³/mol. The summed E-state index contributed by atoms with van der Waals surface area (Å²) in [6.07, 6.45) is -2.89. The second kappa shape index (κ2) is 5.95. The number of H-pyrrole nitrogens is 1. The molecule has 0 saturated heterocycles. The molecule has 0 saturated carbocycles. The van der Waals surface area contributed by atoms with Gasteiger partial charge in [0.1, 0.15) is 0 Å². The molecule has 0 unspecified atom stereocenters. The maximum absolute atomic E-state index is 12.5. The Bertz CT molecular complexity index is 654. The first-order valence-corrected chi connectivity index (χ1v) is 6.39. The van der Waals surface area contributed by atoms with Crippen molar-refractivity contribution in [1.82, 2.24) is 9.88 Å². The summed E-state index contributed by atoms with van der Waals surface area (Å²) in [5, 5.41) is 9.95. The Morgan fingerprint density at radius 3 is 2.71 bits per heavy atom. The highest BCUT2D eigenvalue weighted by atomic mass is 35.5. The van der Waals surface area contributed by atoms with Gasteiger partial charge in [0.25, 0.3) is 0 Å². The fourth-order valence-electron chi connectivity index (χ4n) is 2.14. The van der Waals surface area contributed by atoms with Crippen molar-refractivity contribution < 1.29 is 23.1 Å². The van der Waals surface area contributed by atoms with Crippen molar-refractivity contribution in [3.05, 3.63) is 35.0 Å². The van der Waals surface area contributed by atoms with Gasteiger partial charge in [-0.2, -0.15) is 13.2 Å². The van der Waals surface area contributed by atoms with Crippen molar-refractivity contribution in [2.75, 3.05) is 13.1 Å². The lowest BCUT2D eigenvalue weighted by molar-refractivity contribution is -0.154. The highest BCUT2D eigenvalue weighted by Crippen LogP contribution is 2.24. The maximum atomic E-state index is 12.5. The molecule has 0 radical (unpaired) electrons. The molecule has 0 spiro atoms. The molecule has 0 bridgehead atoms. The van der Waals surface area contributed by atoms with Crippen LogP contribution in [0.3, 0.4) is 0 Å². The Morgan fingerprint density at radius 1 is 1.38 bits per heavy atom. The van der Waals surface area contributed by atoms with E-state index in [-0.39, 0.29) is 6.54 Å². The van der Waals surface area contributed by atoms with E-state index < -0.39 is 25.2 Å². The number of aliphatic carboxylic acids is 1. The number of hydrogen-bond acceptors (Lipinski definition) is 2. The quantitative estimate of drug-likeness (QED) is 0.889. The molecule has 0 aliphatic rings. The van der Waals surface area contributed by atoms with Crippen LogP contribution < -0.4 is 0 Å². The number of nitrogens with zero attached hydrogens (tertiary/aromatic N) is 1. The number of carbonyl (C=O) groups is 1. The van der Waals surface area contributed by atoms with Gasteiger partial charge in [-0.05, 0) is 17.7 Å². The van der Waals surface area contributed by atoms with Crippen LogP contribution in [0.25, 0.3) is 10.9 Å². The van der Waals surface area contributed by atoms with Gasteiger partial charge in [-0.3, -0.25) is 9.69 Å². The zero-order valence-corrected chi connectivity index (χ0v) is 11.5. The molecule has 1 aromatic heterocycles. The third-order valence-electron chi connectivity index (χ3n) is 2.89. The number of rotatable bonds is 5. The number of fused-ring (bicyclic) bond motifs is 1. The molecule has 0 aliphatic carbocycles. The lowest BCUT2D eigenvalue weighted by Gasteiger charge is -2.21. The number of carboxylic acids is 1. The van der Waals surface area contributed by atoms with Crippen LogP contribution in [0.1, 0.15) is 5.56 Å². The molecule has 2 N–H and O–H groups in total. The molecule has 8 heteroatoms. The summed E-state index contributed by atoms with van der Waals surface area (Å²) >= 11 is 5.83. The first-order chi connectivity index (χ1) is 9.74. The van der Waals surface area contributed by atoms with Crippen molar-refractivity contribution in [3.8, 4) is 0 Å². The van der Waals surface area contributed by atoms with Gasteiger partial charge in [-0.15, -0.1) is 0 Å². The molecule has 0 fully saturated rings. The number of nitrogens with one attached hydrogen (secondary N) is 1. The van der Waals surface area contributed by atoms with Crippen molar-refractivity contribution in [3.63, 3.8) is 0 Å². The summed E-state index contributed by atoms with van der Waals surface area (Å²) in [6.45, 7) is -2.08. The molecule has 2 aromatic rings. The second-order valence-electron chi connectivity index (χ2n) is 4.66. The molecule has 0 aliphatic heterocycles. The minimum absolute atomic E-state index is 0.118. The van der Waals surface area contributed by atoms with Crippen molar-refractivity contribution >= 4 is 28.5 Å². The molecule has 0 atom stereocenters. The van der Waals surface area contributed by atoms with Crippen LogP contribution in [0.5, 0.6) is 0 Å². The van der Waals surface area contributed by atoms with Crippen molar-refractivity contribution in [1.29, 1.82) is 0 Å². The number of aromatic amines is 1. The van der Waals surface area contributed by atoms with E-state index in [4.69, 9.17) is 16.7 Å². The van der Waals surface area contributed by atoms with Gasteiger partial charge in [0.2, 0.25) is 0 Å². The predicted octanol–water partition coefficient (Wildman–Crippen LogP) is 3.27. The van der Waals surface area contributed by atoms with Crippen molar-refractivity contribution in [2.45, 2.75) is 12.7 Å². The maximum Gasteiger partial charge on any atom is 0.401 e. The number of carboxylic acid groups (broad SMARTS) is 1. The Balaban J connectivity index is 2.23. The number of aromatic nitrogens is 1. The SMILES string of the molecule is O=C(O)CN(Cc1c[nH]c2cc(Cl)ccc12)CC(F)(F)F. The summed E-state index contributed by atoms with van der Waals surface area (Å²) in [5.41, 5.74) is 1.28. The minimum Gasteiger partial charge on any atom is -0.480 e. The number of halogens is 4. The molecule has 114 valence electrons. The Hall–Kier alpha value is -1.73. The molecule has 4 nitrogen and oxygen atoms in total. The zero-order chi connectivity index (χ0) is 15.6. The first-order valence-electron chi connectivity index (χ1n) is 6.01. The van der Waals surface area contributed by atoms with E-state index in [2.05, 4.69) is 4.98 Å². The van der Waals surface area contributed by atoms with Crippen LogP contribution in [0.15, 0.2) is 24.4 Å². The van der Waals surface area contributed by atoms with Gasteiger partial charge in [0, 0.05) is 28.7 Å². The van der Waals surface area contributed by atoms with E-state index in [0.29, 0.717) is 16.1 Å². The van der Waals surface area contributed by atoms with Gasteiger partial charge in [-0.25, -0.2) is 0 Å². The topological polar surface area (TPSA) is 56.3 Å². The number of hydrogen-bond donors (Lipinski definition) is 2. The fourth-order valence-corrected chi connectivity index (χ4v) is 2.31. The molecular weight excluding hydrogens is 309 g/mol. The van der Waals surface area contributed by atoms with Crippen LogP contribution in [-0.4, -0.2) is 40.2 Å². The van der Waals surface area contributed by atoms with Crippen molar-refractivity contribution in [2.24, 2.45) is 0 Å². The lowest BCUT2D eigenvalue weighted by atomic mass is 10.1. The zero-order valence-electron chi connectivity index (χ0n) is 10.7. The summed E-state index contributed by atoms with van der Waals surface area (Å²) < 4.78 is 37.5. The summed E-state index contributed by atoms with van der Waals surface area (Å²) in [4.78, 5) is 14.4. The number of alkyl halides is 3.